The predicted octanol–water partition coefficient (Wildman–Crippen LogP) is 1.08. The van der Waals surface area contributed by atoms with Gasteiger partial charge in [0.15, 0.2) is 0 Å². The third-order valence-corrected chi connectivity index (χ3v) is 3.76. The Kier molecular flexibility index (Phi) is 3.01. The van der Waals surface area contributed by atoms with Crippen LogP contribution in [0.1, 0.15) is 33.6 Å². The average molecular weight is 286 g/mol. The van der Waals surface area contributed by atoms with Crippen molar-refractivity contribution >= 4 is 17.7 Å². The number of hydrogen-bond acceptors (Lipinski definition) is 4. The van der Waals surface area contributed by atoms with Crippen molar-refractivity contribution in [3.63, 3.8) is 0 Å². The molecule has 1 N–H and O–H groups in total. The highest BCUT2D eigenvalue weighted by Crippen LogP contribution is 2.30. The van der Waals surface area contributed by atoms with Crippen molar-refractivity contribution in [1.82, 2.24) is 10.2 Å². The Morgan fingerprint density at radius 1 is 1.24 bits per heavy atom. The van der Waals surface area contributed by atoms with Crippen molar-refractivity contribution in [1.29, 1.82) is 0 Å². The summed E-state index contributed by atoms with van der Waals surface area (Å²) in [5.74, 6) is -0.766. The number of piperidine rings is 1. The molecule has 6 heteroatoms. The molecule has 1 saturated heterocycles. The Morgan fingerprint density at radius 2 is 1.95 bits per heavy atom. The fourth-order valence-electron chi connectivity index (χ4n) is 2.66. The molecule has 1 fully saturated rings. The van der Waals surface area contributed by atoms with Crippen LogP contribution >= 0.6 is 0 Å². The number of nitrogens with one attached hydrogen (secondary N) is 1. The normalized spacial score (nSPS) is 21.4. The van der Waals surface area contributed by atoms with Crippen LogP contribution in [0.2, 0.25) is 0 Å². The number of ether oxygens (including phenoxy) is 1. The second-order valence-corrected chi connectivity index (χ2v) is 5.04. The summed E-state index contributed by atoms with van der Waals surface area (Å²) >= 11 is 0. The molecule has 0 aromatic heterocycles. The lowest BCUT2D eigenvalue weighted by Gasteiger charge is -2.29. The number of imide groups is 1. The molecule has 2 aliphatic heterocycles. The quantitative estimate of drug-likeness (QED) is 0.826. The van der Waals surface area contributed by atoms with Crippen LogP contribution < -0.4 is 10.1 Å². The Bertz CT molecular complexity index is 680. The molecule has 21 heavy (non-hydrogen) atoms. The largest absolute Gasteiger partial charge is 0.497 e. The fraction of sp³-hybridized carbons (Fsp3) is 0.267. The summed E-state index contributed by atoms with van der Waals surface area (Å²) in [6.07, 6.45) is 0.945. The van der Waals surface area contributed by atoms with E-state index in [1.807, 2.05) is 0 Å². The van der Waals surface area contributed by atoms with E-state index in [0.29, 0.717) is 29.9 Å². The molecular formula is C15H14N2O4. The van der Waals surface area contributed by atoms with Gasteiger partial charge in [0.1, 0.15) is 11.8 Å². The molecule has 0 spiro atoms. The highest BCUT2D eigenvalue weighted by molar-refractivity contribution is 6.23. The van der Waals surface area contributed by atoms with E-state index in [-0.39, 0.29) is 11.5 Å². The molecule has 6 nitrogen and oxygen atoms in total. The van der Waals surface area contributed by atoms with Crippen LogP contribution in [0, 0.1) is 0 Å². The summed E-state index contributed by atoms with van der Waals surface area (Å²) in [5.41, 5.74) is 1.18. The third-order valence-electron chi connectivity index (χ3n) is 3.76. The molecule has 3 amide bonds. The highest BCUT2D eigenvalue weighted by atomic mass is 16.5. The van der Waals surface area contributed by atoms with Crippen LogP contribution in [-0.4, -0.2) is 35.8 Å². The summed E-state index contributed by atoms with van der Waals surface area (Å²) in [7, 11) is 1.49. The van der Waals surface area contributed by atoms with E-state index in [9.17, 15) is 14.4 Å². The minimum absolute atomic E-state index is 0.275. The number of methoxy groups -OCH3 is 1. The van der Waals surface area contributed by atoms with Crippen LogP contribution in [0.5, 0.6) is 5.75 Å². The van der Waals surface area contributed by atoms with Crippen molar-refractivity contribution in [2.75, 3.05) is 7.11 Å². The van der Waals surface area contributed by atoms with E-state index in [1.165, 1.54) is 13.2 Å². The lowest BCUT2D eigenvalue weighted by atomic mass is 10.0. The highest BCUT2D eigenvalue weighted by Gasteiger charge is 2.43. The van der Waals surface area contributed by atoms with Gasteiger partial charge in [-0.2, -0.15) is 0 Å². The van der Waals surface area contributed by atoms with Gasteiger partial charge in [-0.25, -0.2) is 0 Å². The van der Waals surface area contributed by atoms with Gasteiger partial charge < -0.3 is 10.1 Å². The Labute approximate surface area is 121 Å². The number of fused-ring (bicyclic) bond motifs is 1. The van der Waals surface area contributed by atoms with Gasteiger partial charge in [0.05, 0.1) is 18.2 Å². The maximum absolute atomic E-state index is 12.4. The number of amides is 3. The second-order valence-electron chi connectivity index (χ2n) is 5.04. The van der Waals surface area contributed by atoms with Gasteiger partial charge in [-0.3, -0.25) is 19.3 Å². The van der Waals surface area contributed by atoms with Gasteiger partial charge in [-0.15, -0.1) is 0 Å². The lowest BCUT2D eigenvalue weighted by Crippen LogP contribution is -2.51. The predicted molar refractivity (Wildman–Crippen MR) is 73.8 cm³/mol. The summed E-state index contributed by atoms with van der Waals surface area (Å²) in [6, 6.07) is 3.91. The van der Waals surface area contributed by atoms with Gasteiger partial charge >= 0.3 is 0 Å². The fourth-order valence-corrected chi connectivity index (χ4v) is 2.66. The topological polar surface area (TPSA) is 75.7 Å². The maximum atomic E-state index is 12.4. The summed E-state index contributed by atoms with van der Waals surface area (Å²) < 4.78 is 5.07. The van der Waals surface area contributed by atoms with Gasteiger partial charge in [0.25, 0.3) is 11.8 Å². The molecule has 1 aromatic rings. The van der Waals surface area contributed by atoms with E-state index < -0.39 is 17.9 Å². The minimum atomic E-state index is -0.783. The van der Waals surface area contributed by atoms with Crippen LogP contribution in [0.3, 0.4) is 0 Å². The van der Waals surface area contributed by atoms with Crippen molar-refractivity contribution in [2.45, 2.75) is 18.9 Å². The standard InChI is InChI=1S/C15H14N2O4/c1-8-3-6-12(13(18)16-8)17-14(19)10-5-4-9(21-2)7-11(10)15(17)20/h4-5,7,12H,1,3,6H2,2H3,(H,16,18). The first-order chi connectivity index (χ1) is 10.0. The minimum Gasteiger partial charge on any atom is -0.497 e. The Hall–Kier alpha value is -2.63. The SMILES string of the molecule is C=C1CCC(N2C(=O)c3ccc(OC)cc3C2=O)C(=O)N1. The Morgan fingerprint density at radius 3 is 2.62 bits per heavy atom. The summed E-state index contributed by atoms with van der Waals surface area (Å²) in [4.78, 5) is 37.9. The monoisotopic (exact) mass is 286 g/mol. The number of benzene rings is 1. The first kappa shape index (κ1) is 13.4. The van der Waals surface area contributed by atoms with Crippen LogP contribution in [0.15, 0.2) is 30.5 Å². The van der Waals surface area contributed by atoms with Crippen molar-refractivity contribution in [3.8, 4) is 5.75 Å². The number of nitrogens with zero attached hydrogens (tertiary/aromatic N) is 1. The van der Waals surface area contributed by atoms with E-state index in [1.54, 1.807) is 12.1 Å². The van der Waals surface area contributed by atoms with Crippen molar-refractivity contribution < 1.29 is 19.1 Å². The summed E-state index contributed by atoms with van der Waals surface area (Å²) in [6.45, 7) is 3.69. The maximum Gasteiger partial charge on any atom is 0.262 e. The molecule has 3 rings (SSSR count). The van der Waals surface area contributed by atoms with Crippen LogP contribution in [-0.2, 0) is 4.79 Å². The Balaban J connectivity index is 1.96. The van der Waals surface area contributed by atoms with Crippen molar-refractivity contribution in [3.05, 3.63) is 41.6 Å². The van der Waals surface area contributed by atoms with Gasteiger partial charge in [0, 0.05) is 5.70 Å². The first-order valence-corrected chi connectivity index (χ1v) is 6.57. The van der Waals surface area contributed by atoms with E-state index in [4.69, 9.17) is 4.74 Å². The molecule has 0 aliphatic carbocycles. The number of carbonyl (C=O) groups excluding carboxylic acids is 3. The van der Waals surface area contributed by atoms with Crippen LogP contribution in [0.25, 0.3) is 0 Å². The molecule has 2 heterocycles. The average Bonchev–Trinajstić information content (AvgIpc) is 2.71. The molecular weight excluding hydrogens is 272 g/mol. The molecule has 108 valence electrons. The molecule has 1 atom stereocenters. The molecule has 2 aliphatic rings. The molecule has 0 bridgehead atoms. The molecule has 0 radical (unpaired) electrons. The number of rotatable bonds is 2. The molecule has 1 unspecified atom stereocenters. The number of hydrogen-bond donors (Lipinski definition) is 1. The third kappa shape index (κ3) is 1.99. The van der Waals surface area contributed by atoms with E-state index in [2.05, 4.69) is 11.9 Å². The number of carbonyl (C=O) groups is 3. The van der Waals surface area contributed by atoms with Gasteiger partial charge in [-0.05, 0) is 31.0 Å². The zero-order chi connectivity index (χ0) is 15.1. The zero-order valence-corrected chi connectivity index (χ0v) is 11.5. The smallest absolute Gasteiger partial charge is 0.262 e. The van der Waals surface area contributed by atoms with Crippen LogP contribution in [0.4, 0.5) is 0 Å². The first-order valence-electron chi connectivity index (χ1n) is 6.57. The van der Waals surface area contributed by atoms with Gasteiger partial charge in [0.2, 0.25) is 5.91 Å². The second kappa shape index (κ2) is 4.73. The van der Waals surface area contributed by atoms with E-state index in [0.717, 1.165) is 4.90 Å². The van der Waals surface area contributed by atoms with Gasteiger partial charge in [-0.1, -0.05) is 6.58 Å². The molecule has 0 saturated carbocycles. The van der Waals surface area contributed by atoms with E-state index >= 15 is 0 Å². The zero-order valence-electron chi connectivity index (χ0n) is 11.5. The summed E-state index contributed by atoms with van der Waals surface area (Å²) in [5, 5.41) is 2.59. The van der Waals surface area contributed by atoms with Crippen molar-refractivity contribution in [2.24, 2.45) is 0 Å². The molecule has 1 aromatic carbocycles. The lowest BCUT2D eigenvalue weighted by molar-refractivity contribution is -0.125. The number of allylic oxidation sites excluding steroid dienone is 1.